The minimum Gasteiger partial charge on any atom is -0.324 e. The molecule has 0 saturated heterocycles. The van der Waals surface area contributed by atoms with Crippen LogP contribution >= 0.6 is 15.9 Å². The predicted molar refractivity (Wildman–Crippen MR) is 63.4 cm³/mol. The highest BCUT2D eigenvalue weighted by atomic mass is 79.9. The maximum atomic E-state index is 12.6. The standard InChI is InChI=1S/C12H13BrF3N/c13-10-5-8(11(17)7-2-1-3-7)4-9(6-10)12(14,15)16/h4-7,11H,1-3,17H2/t11-/m0/s1. The summed E-state index contributed by atoms with van der Waals surface area (Å²) in [5, 5.41) is 0. The molecule has 17 heavy (non-hydrogen) atoms. The van der Waals surface area contributed by atoms with E-state index in [0.29, 0.717) is 16.0 Å². The first kappa shape index (κ1) is 12.9. The Balaban J connectivity index is 2.30. The van der Waals surface area contributed by atoms with Gasteiger partial charge in [0.2, 0.25) is 0 Å². The van der Waals surface area contributed by atoms with Crippen LogP contribution in [0, 0.1) is 5.92 Å². The maximum absolute atomic E-state index is 12.6. The summed E-state index contributed by atoms with van der Waals surface area (Å²) in [5.41, 5.74) is 5.92. The summed E-state index contributed by atoms with van der Waals surface area (Å²) in [6.07, 6.45) is -1.18. The summed E-state index contributed by atoms with van der Waals surface area (Å²) < 4.78 is 38.4. The Hall–Kier alpha value is -0.550. The number of rotatable bonds is 2. The maximum Gasteiger partial charge on any atom is 0.416 e. The van der Waals surface area contributed by atoms with E-state index in [0.717, 1.165) is 31.4 Å². The van der Waals surface area contributed by atoms with Gasteiger partial charge in [0.1, 0.15) is 0 Å². The predicted octanol–water partition coefficient (Wildman–Crippen LogP) is 4.27. The number of hydrogen-bond acceptors (Lipinski definition) is 1. The monoisotopic (exact) mass is 307 g/mol. The molecule has 0 radical (unpaired) electrons. The molecule has 0 aromatic heterocycles. The van der Waals surface area contributed by atoms with E-state index in [1.165, 1.54) is 0 Å². The molecule has 0 bridgehead atoms. The first-order valence-electron chi connectivity index (χ1n) is 5.51. The lowest BCUT2D eigenvalue weighted by molar-refractivity contribution is -0.137. The minimum atomic E-state index is -4.32. The third-order valence-electron chi connectivity index (χ3n) is 3.29. The Labute approximate surface area is 106 Å². The van der Waals surface area contributed by atoms with Crippen molar-refractivity contribution in [3.63, 3.8) is 0 Å². The largest absolute Gasteiger partial charge is 0.416 e. The third kappa shape index (κ3) is 2.83. The van der Waals surface area contributed by atoms with E-state index in [2.05, 4.69) is 15.9 Å². The van der Waals surface area contributed by atoms with Crippen LogP contribution in [0.15, 0.2) is 22.7 Å². The lowest BCUT2D eigenvalue weighted by Crippen LogP contribution is -2.27. The van der Waals surface area contributed by atoms with Crippen LogP contribution in [0.4, 0.5) is 13.2 Å². The van der Waals surface area contributed by atoms with Crippen molar-refractivity contribution in [1.29, 1.82) is 0 Å². The summed E-state index contributed by atoms with van der Waals surface area (Å²) in [7, 11) is 0. The Kier molecular flexibility index (Phi) is 3.50. The molecule has 0 spiro atoms. The van der Waals surface area contributed by atoms with Crippen LogP contribution in [0.3, 0.4) is 0 Å². The van der Waals surface area contributed by atoms with Crippen molar-refractivity contribution in [3.05, 3.63) is 33.8 Å². The minimum absolute atomic E-state index is 0.289. The van der Waals surface area contributed by atoms with Gasteiger partial charge in [-0.25, -0.2) is 0 Å². The van der Waals surface area contributed by atoms with E-state index >= 15 is 0 Å². The van der Waals surface area contributed by atoms with Gasteiger partial charge in [-0.3, -0.25) is 0 Å². The van der Waals surface area contributed by atoms with Gasteiger partial charge in [-0.2, -0.15) is 13.2 Å². The Bertz CT molecular complexity index is 413. The zero-order valence-corrected chi connectivity index (χ0v) is 10.7. The van der Waals surface area contributed by atoms with Crippen LogP contribution < -0.4 is 5.73 Å². The fraction of sp³-hybridized carbons (Fsp3) is 0.500. The van der Waals surface area contributed by atoms with Gasteiger partial charge in [0, 0.05) is 10.5 Å². The molecule has 2 N–H and O–H groups in total. The Morgan fingerprint density at radius 3 is 2.35 bits per heavy atom. The average Bonchev–Trinajstić information content (AvgIpc) is 2.12. The van der Waals surface area contributed by atoms with Gasteiger partial charge in [0.25, 0.3) is 0 Å². The molecule has 0 heterocycles. The smallest absolute Gasteiger partial charge is 0.324 e. The van der Waals surface area contributed by atoms with Crippen molar-refractivity contribution < 1.29 is 13.2 Å². The van der Waals surface area contributed by atoms with Gasteiger partial charge in [0.05, 0.1) is 5.56 Å². The molecule has 0 unspecified atom stereocenters. The molecular formula is C12H13BrF3N. The van der Waals surface area contributed by atoms with Gasteiger partial charge >= 0.3 is 6.18 Å². The summed E-state index contributed by atoms with van der Waals surface area (Å²) in [6.45, 7) is 0. The van der Waals surface area contributed by atoms with Crippen LogP contribution in [0.5, 0.6) is 0 Å². The molecule has 1 aliphatic carbocycles. The summed E-state index contributed by atoms with van der Waals surface area (Å²) >= 11 is 3.11. The second-order valence-electron chi connectivity index (χ2n) is 4.49. The number of benzene rings is 1. The molecule has 1 aromatic carbocycles. The van der Waals surface area contributed by atoms with Crippen molar-refractivity contribution >= 4 is 15.9 Å². The number of nitrogens with two attached hydrogens (primary N) is 1. The summed E-state index contributed by atoms with van der Waals surface area (Å²) in [5.74, 6) is 0.324. The van der Waals surface area contributed by atoms with Gasteiger partial charge in [-0.15, -0.1) is 0 Å². The quantitative estimate of drug-likeness (QED) is 0.867. The summed E-state index contributed by atoms with van der Waals surface area (Å²) in [6, 6.07) is 3.63. The third-order valence-corrected chi connectivity index (χ3v) is 3.75. The molecule has 0 aliphatic heterocycles. The molecule has 1 atom stereocenters. The lowest BCUT2D eigenvalue weighted by Gasteiger charge is -2.31. The zero-order chi connectivity index (χ0) is 12.6. The highest BCUT2D eigenvalue weighted by Crippen LogP contribution is 2.39. The van der Waals surface area contributed by atoms with E-state index < -0.39 is 11.7 Å². The highest BCUT2D eigenvalue weighted by Gasteiger charge is 2.33. The van der Waals surface area contributed by atoms with Crippen molar-refractivity contribution in [2.75, 3.05) is 0 Å². The van der Waals surface area contributed by atoms with Crippen LogP contribution in [0.25, 0.3) is 0 Å². The molecule has 94 valence electrons. The molecule has 2 rings (SSSR count). The second-order valence-corrected chi connectivity index (χ2v) is 5.40. The number of hydrogen-bond donors (Lipinski definition) is 1. The van der Waals surface area contributed by atoms with Crippen LogP contribution in [-0.2, 0) is 6.18 Å². The van der Waals surface area contributed by atoms with Crippen LogP contribution in [-0.4, -0.2) is 0 Å². The van der Waals surface area contributed by atoms with E-state index in [4.69, 9.17) is 5.73 Å². The summed E-state index contributed by atoms with van der Waals surface area (Å²) in [4.78, 5) is 0. The molecule has 1 fully saturated rings. The molecule has 1 saturated carbocycles. The Morgan fingerprint density at radius 1 is 1.24 bits per heavy atom. The van der Waals surface area contributed by atoms with Gasteiger partial charge < -0.3 is 5.73 Å². The zero-order valence-electron chi connectivity index (χ0n) is 9.10. The van der Waals surface area contributed by atoms with Crippen LogP contribution in [0.1, 0.15) is 36.4 Å². The van der Waals surface area contributed by atoms with E-state index in [-0.39, 0.29) is 6.04 Å². The molecular weight excluding hydrogens is 295 g/mol. The van der Waals surface area contributed by atoms with Crippen molar-refractivity contribution in [1.82, 2.24) is 0 Å². The molecule has 1 nitrogen and oxygen atoms in total. The highest BCUT2D eigenvalue weighted by molar-refractivity contribution is 9.10. The van der Waals surface area contributed by atoms with Gasteiger partial charge in [-0.1, -0.05) is 22.4 Å². The normalized spacial score (nSPS) is 18.9. The van der Waals surface area contributed by atoms with Crippen LogP contribution in [0.2, 0.25) is 0 Å². The van der Waals surface area contributed by atoms with Gasteiger partial charge in [-0.05, 0) is 42.5 Å². The average molecular weight is 308 g/mol. The molecule has 5 heteroatoms. The number of alkyl halides is 3. The topological polar surface area (TPSA) is 26.0 Å². The van der Waals surface area contributed by atoms with Gasteiger partial charge in [0.15, 0.2) is 0 Å². The molecule has 1 aromatic rings. The van der Waals surface area contributed by atoms with Crippen molar-refractivity contribution in [2.45, 2.75) is 31.5 Å². The van der Waals surface area contributed by atoms with Crippen molar-refractivity contribution in [2.24, 2.45) is 11.7 Å². The van der Waals surface area contributed by atoms with Crippen molar-refractivity contribution in [3.8, 4) is 0 Å². The molecule has 0 amide bonds. The van der Waals surface area contributed by atoms with E-state index in [1.807, 2.05) is 0 Å². The first-order valence-corrected chi connectivity index (χ1v) is 6.30. The molecule has 1 aliphatic rings. The fourth-order valence-corrected chi connectivity index (χ4v) is 2.55. The second kappa shape index (κ2) is 4.61. The van der Waals surface area contributed by atoms with E-state index in [1.54, 1.807) is 6.07 Å². The Morgan fingerprint density at radius 2 is 1.88 bits per heavy atom. The SMILES string of the molecule is N[C@H](c1cc(Br)cc(C(F)(F)F)c1)C1CCC1. The van der Waals surface area contributed by atoms with E-state index in [9.17, 15) is 13.2 Å². The fourth-order valence-electron chi connectivity index (χ4n) is 2.04. The first-order chi connectivity index (χ1) is 7.88. The number of halogens is 4. The lowest BCUT2D eigenvalue weighted by atomic mass is 9.77.